The third-order valence-corrected chi connectivity index (χ3v) is 8.83. The molecule has 0 spiro atoms. The first-order valence-corrected chi connectivity index (χ1v) is 14.3. The second-order valence-corrected chi connectivity index (χ2v) is 11.6. The van der Waals surface area contributed by atoms with Crippen LogP contribution < -0.4 is 20.3 Å². The Morgan fingerprint density at radius 3 is 2.53 bits per heavy atom. The summed E-state index contributed by atoms with van der Waals surface area (Å²) < 4.78 is 25.9. The molecule has 1 saturated carbocycles. The number of aromatic nitrogens is 1. The summed E-state index contributed by atoms with van der Waals surface area (Å²) in [6.07, 6.45) is 2.49. The van der Waals surface area contributed by atoms with Crippen molar-refractivity contribution in [2.75, 3.05) is 19.3 Å². The van der Waals surface area contributed by atoms with Gasteiger partial charge >= 0.3 is 0 Å². The fraction of sp³-hybridized carbons (Fsp3) is 0.519. The summed E-state index contributed by atoms with van der Waals surface area (Å²) in [5.41, 5.74) is 1.93. The second-order valence-electron chi connectivity index (χ2n) is 10.4. The van der Waals surface area contributed by atoms with Crippen LogP contribution in [0, 0.1) is 25.7 Å². The van der Waals surface area contributed by atoms with Gasteiger partial charge in [0.25, 0.3) is 17.3 Å². The minimum atomic E-state index is -1.01. The lowest BCUT2D eigenvalue weighted by Gasteiger charge is -2.38. The summed E-state index contributed by atoms with van der Waals surface area (Å²) in [5.74, 6) is -1.19. The monoisotopic (exact) mass is 563 g/mol. The third-order valence-electron chi connectivity index (χ3n) is 7.75. The standard InChI is InChI=1S/C27H31ClFN3O5S/c1-13-9-21(38-4)18(25(34)31-13)12-30-24(33)16-10-19(28)23-22(14(16)2)36-27(3,37-23)15-5-7-32(8-6-15)26(35)17-11-20(17)29/h9-10,15,17,20H,5-8,11-12H2,1-4H3,(H,30,33)(H,31,34)/t17-,20+,27?/m1/s1. The Hall–Kier alpha value is -2.72. The van der Waals surface area contributed by atoms with Gasteiger partial charge in [0.05, 0.1) is 10.9 Å². The molecule has 2 fully saturated rings. The number of alkyl halides is 1. The van der Waals surface area contributed by atoms with Crippen LogP contribution in [-0.2, 0) is 11.3 Å². The molecule has 1 aromatic heterocycles. The topological polar surface area (TPSA) is 101 Å². The number of nitrogens with zero attached hydrogens (tertiary/aromatic N) is 1. The molecular weight excluding hydrogens is 533 g/mol. The summed E-state index contributed by atoms with van der Waals surface area (Å²) >= 11 is 8.00. The number of aromatic amines is 1. The van der Waals surface area contributed by atoms with Gasteiger partial charge < -0.3 is 24.7 Å². The highest BCUT2D eigenvalue weighted by atomic mass is 35.5. The molecule has 3 atom stereocenters. The zero-order valence-electron chi connectivity index (χ0n) is 21.8. The summed E-state index contributed by atoms with van der Waals surface area (Å²) in [6, 6.07) is 3.43. The van der Waals surface area contributed by atoms with Crippen LogP contribution in [0.2, 0.25) is 5.02 Å². The number of piperidine rings is 1. The average Bonchev–Trinajstić information content (AvgIpc) is 3.50. The molecule has 2 aromatic rings. The van der Waals surface area contributed by atoms with Crippen LogP contribution in [0.3, 0.4) is 0 Å². The Labute approximate surface area is 229 Å². The number of H-pyrrole nitrogens is 1. The van der Waals surface area contributed by atoms with E-state index in [1.165, 1.54) is 11.8 Å². The molecule has 38 heavy (non-hydrogen) atoms. The average molecular weight is 564 g/mol. The number of thioether (sulfide) groups is 1. The highest BCUT2D eigenvalue weighted by Gasteiger charge is 2.50. The Kier molecular flexibility index (Phi) is 7.15. The van der Waals surface area contributed by atoms with Crippen molar-refractivity contribution in [3.05, 3.63) is 49.9 Å². The lowest BCUT2D eigenvalue weighted by Crippen LogP contribution is -2.50. The number of carbonyl (C=O) groups excluding carboxylic acids is 2. The Balaban J connectivity index is 1.29. The highest BCUT2D eigenvalue weighted by Crippen LogP contribution is 2.51. The van der Waals surface area contributed by atoms with Crippen molar-refractivity contribution in [3.63, 3.8) is 0 Å². The first-order valence-electron chi connectivity index (χ1n) is 12.7. The van der Waals surface area contributed by atoms with Crippen molar-refractivity contribution >= 4 is 35.2 Å². The molecule has 1 aliphatic carbocycles. The molecule has 1 saturated heterocycles. The van der Waals surface area contributed by atoms with E-state index in [9.17, 15) is 18.8 Å². The number of ether oxygens (including phenoxy) is 2. The van der Waals surface area contributed by atoms with Gasteiger partial charge in [0.2, 0.25) is 5.91 Å². The molecule has 5 rings (SSSR count). The van der Waals surface area contributed by atoms with E-state index in [2.05, 4.69) is 10.3 Å². The summed E-state index contributed by atoms with van der Waals surface area (Å²) in [5, 5.41) is 3.09. The normalized spacial score (nSPS) is 24.4. The smallest absolute Gasteiger partial charge is 0.254 e. The van der Waals surface area contributed by atoms with E-state index in [1.807, 2.05) is 26.2 Å². The van der Waals surface area contributed by atoms with Crippen molar-refractivity contribution in [2.24, 2.45) is 11.8 Å². The molecule has 8 nitrogen and oxygen atoms in total. The van der Waals surface area contributed by atoms with Crippen molar-refractivity contribution < 1.29 is 23.5 Å². The van der Waals surface area contributed by atoms with Gasteiger partial charge in [0.15, 0.2) is 11.5 Å². The van der Waals surface area contributed by atoms with Crippen LogP contribution in [0.4, 0.5) is 4.39 Å². The number of hydrogen-bond acceptors (Lipinski definition) is 6. The molecule has 0 radical (unpaired) electrons. The van der Waals surface area contributed by atoms with Gasteiger partial charge in [-0.25, -0.2) is 4.39 Å². The van der Waals surface area contributed by atoms with Crippen LogP contribution in [0.5, 0.6) is 11.5 Å². The van der Waals surface area contributed by atoms with E-state index >= 15 is 0 Å². The van der Waals surface area contributed by atoms with E-state index in [0.717, 1.165) is 10.6 Å². The Bertz CT molecular complexity index is 1360. The van der Waals surface area contributed by atoms with Crippen molar-refractivity contribution in [1.29, 1.82) is 0 Å². The van der Waals surface area contributed by atoms with Crippen molar-refractivity contribution in [2.45, 2.75) is 63.4 Å². The second kappa shape index (κ2) is 10.1. The van der Waals surface area contributed by atoms with Crippen LogP contribution in [0.25, 0.3) is 0 Å². The lowest BCUT2D eigenvalue weighted by molar-refractivity contribution is -0.144. The Morgan fingerprint density at radius 1 is 1.24 bits per heavy atom. The molecule has 2 N–H and O–H groups in total. The van der Waals surface area contributed by atoms with E-state index in [1.54, 1.807) is 17.9 Å². The Morgan fingerprint density at radius 2 is 1.89 bits per heavy atom. The number of halogens is 2. The molecular formula is C27H31ClFN3O5S. The summed E-state index contributed by atoms with van der Waals surface area (Å²) in [7, 11) is 0. The van der Waals surface area contributed by atoms with Crippen LogP contribution in [0.15, 0.2) is 21.8 Å². The van der Waals surface area contributed by atoms with E-state index in [-0.39, 0.29) is 34.9 Å². The van der Waals surface area contributed by atoms with Gasteiger partial charge in [-0.15, -0.1) is 11.8 Å². The van der Waals surface area contributed by atoms with Crippen LogP contribution in [0.1, 0.15) is 53.4 Å². The number of aryl methyl sites for hydroxylation is 1. The number of amides is 2. The molecule has 0 bridgehead atoms. The highest BCUT2D eigenvalue weighted by molar-refractivity contribution is 7.98. The number of carbonyl (C=O) groups is 2. The van der Waals surface area contributed by atoms with Gasteiger partial charge in [-0.3, -0.25) is 14.4 Å². The van der Waals surface area contributed by atoms with Crippen molar-refractivity contribution in [1.82, 2.24) is 15.2 Å². The largest absolute Gasteiger partial charge is 0.448 e. The van der Waals surface area contributed by atoms with Gasteiger partial charge in [-0.1, -0.05) is 11.6 Å². The first-order chi connectivity index (χ1) is 18.0. The van der Waals surface area contributed by atoms with E-state index in [4.69, 9.17) is 21.1 Å². The molecule has 2 aliphatic heterocycles. The molecule has 3 heterocycles. The minimum Gasteiger partial charge on any atom is -0.448 e. The minimum absolute atomic E-state index is 0.0229. The lowest BCUT2D eigenvalue weighted by atomic mass is 9.89. The van der Waals surface area contributed by atoms with Gasteiger partial charge in [-0.2, -0.15) is 0 Å². The molecule has 11 heteroatoms. The van der Waals surface area contributed by atoms with Gasteiger partial charge in [0, 0.05) is 59.8 Å². The fourth-order valence-electron chi connectivity index (χ4n) is 5.33. The fourth-order valence-corrected chi connectivity index (χ4v) is 6.27. The predicted octanol–water partition coefficient (Wildman–Crippen LogP) is 4.38. The molecule has 2 amide bonds. The maximum atomic E-state index is 13.3. The molecule has 204 valence electrons. The number of fused-ring (bicyclic) bond motifs is 1. The number of nitrogens with one attached hydrogen (secondary N) is 2. The maximum absolute atomic E-state index is 13.3. The quantitative estimate of drug-likeness (QED) is 0.506. The third kappa shape index (κ3) is 4.88. The number of hydrogen-bond donors (Lipinski definition) is 2. The maximum Gasteiger partial charge on any atom is 0.254 e. The summed E-state index contributed by atoms with van der Waals surface area (Å²) in [4.78, 5) is 43.3. The zero-order chi connectivity index (χ0) is 27.4. The van der Waals surface area contributed by atoms with Gasteiger partial charge in [-0.05, 0) is 51.5 Å². The van der Waals surface area contributed by atoms with Crippen molar-refractivity contribution in [3.8, 4) is 11.5 Å². The van der Waals surface area contributed by atoms with E-state index in [0.29, 0.717) is 60.5 Å². The van der Waals surface area contributed by atoms with Crippen LogP contribution >= 0.6 is 23.4 Å². The van der Waals surface area contributed by atoms with Crippen LogP contribution in [-0.4, -0.2) is 53.0 Å². The number of likely N-dealkylation sites (tertiary alicyclic amines) is 1. The molecule has 3 aliphatic rings. The zero-order valence-corrected chi connectivity index (χ0v) is 23.4. The van der Waals surface area contributed by atoms with E-state index < -0.39 is 17.9 Å². The number of rotatable bonds is 6. The first kappa shape index (κ1) is 26.9. The summed E-state index contributed by atoms with van der Waals surface area (Å²) in [6.45, 7) is 6.53. The number of pyridine rings is 1. The SMILES string of the molecule is CSc1cc(C)[nH]c(=O)c1CNC(=O)c1cc(Cl)c2c(c1C)OC(C)(C1CCN(C(=O)[C@@H]3C[C@@H]3F)CC1)O2. The van der Waals surface area contributed by atoms with Gasteiger partial charge in [0.1, 0.15) is 6.17 Å². The molecule has 1 unspecified atom stereocenters. The predicted molar refractivity (Wildman–Crippen MR) is 143 cm³/mol. The molecule has 1 aromatic carbocycles. The number of benzene rings is 1.